The standard InChI is InChI=1S/C17H16N2/c1-19-16-5-3-2-4-13(16)11-17(19)14-7-6-12-8-9-18-15(12)10-14/h2-7,10-11,18H,8-9H2,1H3. The zero-order chi connectivity index (χ0) is 12.8. The van der Waals surface area contributed by atoms with E-state index in [4.69, 9.17) is 0 Å². The molecule has 1 aliphatic rings. The minimum atomic E-state index is 1.06. The molecule has 0 amide bonds. The average molecular weight is 248 g/mol. The Morgan fingerprint density at radius 3 is 2.84 bits per heavy atom. The lowest BCUT2D eigenvalue weighted by Gasteiger charge is -2.07. The van der Waals surface area contributed by atoms with Gasteiger partial charge in [0.1, 0.15) is 0 Å². The SMILES string of the molecule is Cn1c(-c2ccc3c(c2)NCC3)cc2ccccc21. The molecule has 2 aromatic carbocycles. The first kappa shape index (κ1) is 10.7. The van der Waals surface area contributed by atoms with Gasteiger partial charge in [-0.1, -0.05) is 30.3 Å². The van der Waals surface area contributed by atoms with Crippen LogP contribution in [-0.2, 0) is 13.5 Å². The molecular formula is C17H16N2. The van der Waals surface area contributed by atoms with E-state index in [1.165, 1.54) is 33.4 Å². The van der Waals surface area contributed by atoms with Crippen LogP contribution in [0.2, 0.25) is 0 Å². The number of aromatic nitrogens is 1. The number of benzene rings is 2. The van der Waals surface area contributed by atoms with Crippen molar-refractivity contribution in [2.24, 2.45) is 7.05 Å². The fourth-order valence-electron chi connectivity index (χ4n) is 3.02. The van der Waals surface area contributed by atoms with Crippen LogP contribution >= 0.6 is 0 Å². The summed E-state index contributed by atoms with van der Waals surface area (Å²) in [5.74, 6) is 0. The second-order valence-electron chi connectivity index (χ2n) is 5.20. The molecule has 0 atom stereocenters. The molecule has 0 bridgehead atoms. The number of aryl methyl sites for hydroxylation is 1. The molecule has 94 valence electrons. The Labute approximate surface area is 112 Å². The van der Waals surface area contributed by atoms with E-state index in [1.807, 2.05) is 0 Å². The topological polar surface area (TPSA) is 17.0 Å². The summed E-state index contributed by atoms with van der Waals surface area (Å²) in [6.07, 6.45) is 1.14. The molecule has 2 nitrogen and oxygen atoms in total. The molecule has 1 aliphatic heterocycles. The van der Waals surface area contributed by atoms with E-state index in [2.05, 4.69) is 65.5 Å². The third-order valence-corrected chi connectivity index (χ3v) is 4.07. The monoisotopic (exact) mass is 248 g/mol. The summed E-state index contributed by atoms with van der Waals surface area (Å²) in [4.78, 5) is 0. The molecule has 0 spiro atoms. The number of hydrogen-bond donors (Lipinski definition) is 1. The van der Waals surface area contributed by atoms with Crippen molar-refractivity contribution in [1.29, 1.82) is 0 Å². The van der Waals surface area contributed by atoms with Crippen LogP contribution in [-0.4, -0.2) is 11.1 Å². The molecule has 2 heteroatoms. The maximum absolute atomic E-state index is 3.45. The minimum Gasteiger partial charge on any atom is -0.384 e. The zero-order valence-corrected chi connectivity index (χ0v) is 11.0. The number of hydrogen-bond acceptors (Lipinski definition) is 1. The smallest absolute Gasteiger partial charge is 0.0489 e. The highest BCUT2D eigenvalue weighted by Gasteiger charge is 2.13. The van der Waals surface area contributed by atoms with Crippen LogP contribution in [0, 0.1) is 0 Å². The van der Waals surface area contributed by atoms with Crippen molar-refractivity contribution in [3.05, 3.63) is 54.1 Å². The van der Waals surface area contributed by atoms with Crippen molar-refractivity contribution < 1.29 is 0 Å². The Balaban J connectivity index is 1.92. The van der Waals surface area contributed by atoms with Crippen LogP contribution < -0.4 is 5.32 Å². The summed E-state index contributed by atoms with van der Waals surface area (Å²) in [6, 6.07) is 17.6. The number of anilines is 1. The molecule has 19 heavy (non-hydrogen) atoms. The van der Waals surface area contributed by atoms with Crippen LogP contribution in [0.3, 0.4) is 0 Å². The van der Waals surface area contributed by atoms with E-state index < -0.39 is 0 Å². The second-order valence-corrected chi connectivity index (χ2v) is 5.20. The van der Waals surface area contributed by atoms with Crippen molar-refractivity contribution in [2.45, 2.75) is 6.42 Å². The van der Waals surface area contributed by atoms with Crippen LogP contribution in [0.1, 0.15) is 5.56 Å². The van der Waals surface area contributed by atoms with Gasteiger partial charge in [0.05, 0.1) is 0 Å². The first-order valence-corrected chi connectivity index (χ1v) is 6.74. The largest absolute Gasteiger partial charge is 0.384 e. The fraction of sp³-hybridized carbons (Fsp3) is 0.176. The van der Waals surface area contributed by atoms with Crippen LogP contribution in [0.5, 0.6) is 0 Å². The molecule has 0 saturated heterocycles. The molecule has 0 radical (unpaired) electrons. The van der Waals surface area contributed by atoms with Gasteiger partial charge in [-0.05, 0) is 30.2 Å². The molecule has 2 heterocycles. The van der Waals surface area contributed by atoms with Gasteiger partial charge < -0.3 is 9.88 Å². The molecule has 0 fully saturated rings. The molecule has 4 rings (SSSR count). The number of para-hydroxylation sites is 1. The molecular weight excluding hydrogens is 232 g/mol. The summed E-state index contributed by atoms with van der Waals surface area (Å²) in [7, 11) is 2.14. The van der Waals surface area contributed by atoms with Gasteiger partial charge in [0.15, 0.2) is 0 Å². The van der Waals surface area contributed by atoms with Crippen molar-refractivity contribution in [3.8, 4) is 11.3 Å². The Bertz CT molecular complexity index is 768. The summed E-state index contributed by atoms with van der Waals surface area (Å²) in [6.45, 7) is 1.06. The average Bonchev–Trinajstić information content (AvgIpc) is 3.03. The fourth-order valence-corrected chi connectivity index (χ4v) is 3.02. The van der Waals surface area contributed by atoms with E-state index in [0.29, 0.717) is 0 Å². The predicted molar refractivity (Wildman–Crippen MR) is 80.5 cm³/mol. The summed E-state index contributed by atoms with van der Waals surface area (Å²) in [5, 5.41) is 4.75. The predicted octanol–water partition coefficient (Wildman–Crippen LogP) is 3.81. The highest BCUT2D eigenvalue weighted by Crippen LogP contribution is 2.31. The third-order valence-electron chi connectivity index (χ3n) is 4.07. The van der Waals surface area contributed by atoms with Gasteiger partial charge in [-0.25, -0.2) is 0 Å². The first-order chi connectivity index (χ1) is 9.33. The van der Waals surface area contributed by atoms with Gasteiger partial charge in [0, 0.05) is 41.4 Å². The highest BCUT2D eigenvalue weighted by molar-refractivity contribution is 5.87. The number of nitrogens with zero attached hydrogens (tertiary/aromatic N) is 1. The Hall–Kier alpha value is -2.22. The van der Waals surface area contributed by atoms with Gasteiger partial charge in [-0.3, -0.25) is 0 Å². The molecule has 3 aromatic rings. The van der Waals surface area contributed by atoms with E-state index in [0.717, 1.165) is 13.0 Å². The Kier molecular flexibility index (Phi) is 2.18. The quantitative estimate of drug-likeness (QED) is 0.693. The summed E-state index contributed by atoms with van der Waals surface area (Å²) >= 11 is 0. The summed E-state index contributed by atoms with van der Waals surface area (Å²) in [5.41, 5.74) is 6.57. The van der Waals surface area contributed by atoms with E-state index in [9.17, 15) is 0 Å². The lowest BCUT2D eigenvalue weighted by atomic mass is 10.1. The normalized spacial score (nSPS) is 13.5. The number of rotatable bonds is 1. The van der Waals surface area contributed by atoms with Crippen molar-refractivity contribution in [2.75, 3.05) is 11.9 Å². The number of nitrogens with one attached hydrogen (secondary N) is 1. The Morgan fingerprint density at radius 1 is 1.05 bits per heavy atom. The molecule has 1 N–H and O–H groups in total. The van der Waals surface area contributed by atoms with Gasteiger partial charge in [-0.15, -0.1) is 0 Å². The second kappa shape index (κ2) is 3.89. The molecule has 0 unspecified atom stereocenters. The lowest BCUT2D eigenvalue weighted by Crippen LogP contribution is -1.93. The van der Waals surface area contributed by atoms with E-state index >= 15 is 0 Å². The van der Waals surface area contributed by atoms with Gasteiger partial charge in [0.25, 0.3) is 0 Å². The molecule has 0 saturated carbocycles. The van der Waals surface area contributed by atoms with Crippen LogP contribution in [0.4, 0.5) is 5.69 Å². The molecule has 1 aromatic heterocycles. The highest BCUT2D eigenvalue weighted by atomic mass is 14.9. The molecule has 0 aliphatic carbocycles. The van der Waals surface area contributed by atoms with Crippen LogP contribution in [0.15, 0.2) is 48.5 Å². The van der Waals surface area contributed by atoms with Gasteiger partial charge in [0.2, 0.25) is 0 Å². The first-order valence-electron chi connectivity index (χ1n) is 6.74. The third kappa shape index (κ3) is 1.56. The van der Waals surface area contributed by atoms with E-state index in [1.54, 1.807) is 0 Å². The maximum Gasteiger partial charge on any atom is 0.0489 e. The summed E-state index contributed by atoms with van der Waals surface area (Å²) < 4.78 is 2.27. The minimum absolute atomic E-state index is 1.06. The van der Waals surface area contributed by atoms with Crippen molar-refractivity contribution in [3.63, 3.8) is 0 Å². The van der Waals surface area contributed by atoms with E-state index in [-0.39, 0.29) is 0 Å². The van der Waals surface area contributed by atoms with Crippen LogP contribution in [0.25, 0.3) is 22.2 Å². The van der Waals surface area contributed by atoms with Gasteiger partial charge in [-0.2, -0.15) is 0 Å². The van der Waals surface area contributed by atoms with Crippen molar-refractivity contribution >= 4 is 16.6 Å². The maximum atomic E-state index is 3.45. The van der Waals surface area contributed by atoms with Crippen molar-refractivity contribution in [1.82, 2.24) is 4.57 Å². The zero-order valence-electron chi connectivity index (χ0n) is 11.0. The van der Waals surface area contributed by atoms with Gasteiger partial charge >= 0.3 is 0 Å². The lowest BCUT2D eigenvalue weighted by molar-refractivity contribution is 0.978. The number of fused-ring (bicyclic) bond motifs is 2. The Morgan fingerprint density at radius 2 is 1.95 bits per heavy atom.